The molecule has 1 unspecified atom stereocenters. The van der Waals surface area contributed by atoms with E-state index in [9.17, 15) is 18.0 Å². The number of guanidine groups is 1. The third-order valence-corrected chi connectivity index (χ3v) is 4.26. The van der Waals surface area contributed by atoms with Crippen molar-refractivity contribution in [1.82, 2.24) is 15.1 Å². The van der Waals surface area contributed by atoms with E-state index < -0.39 is 23.5 Å². The molecular formula is C15H29F3IN5O. The molecule has 1 heterocycles. The summed E-state index contributed by atoms with van der Waals surface area (Å²) in [5.41, 5.74) is 4.58. The summed E-state index contributed by atoms with van der Waals surface area (Å²) in [6.45, 7) is 8.90. The lowest BCUT2D eigenvalue weighted by molar-refractivity contribution is -0.181. The molecule has 0 aromatic rings. The fourth-order valence-electron chi connectivity index (χ4n) is 2.30. The van der Waals surface area contributed by atoms with Gasteiger partial charge in [0.15, 0.2) is 5.96 Å². The average Bonchev–Trinajstić information content (AvgIpc) is 2.50. The van der Waals surface area contributed by atoms with Gasteiger partial charge in [0.05, 0.1) is 12.0 Å². The van der Waals surface area contributed by atoms with Crippen LogP contribution >= 0.6 is 24.0 Å². The van der Waals surface area contributed by atoms with Crippen molar-refractivity contribution in [3.63, 3.8) is 0 Å². The number of nitrogens with one attached hydrogen (secondary N) is 1. The standard InChI is InChI=1S/C15H28F3N5O.HI/c1-5-20-13(21-10-14(3,4)12(19)24)23-8-6-22(7-9-23)11(2)15(16,17)18;/h11H,5-10H2,1-4H3,(H2,19,24)(H,20,21);1H. The van der Waals surface area contributed by atoms with Crippen molar-refractivity contribution < 1.29 is 18.0 Å². The number of aliphatic imine (C=N–C) groups is 1. The molecule has 10 heteroatoms. The molecule has 1 saturated heterocycles. The zero-order valence-corrected chi connectivity index (χ0v) is 17.5. The molecule has 6 nitrogen and oxygen atoms in total. The molecule has 0 bridgehead atoms. The Bertz CT molecular complexity index is 463. The molecule has 1 atom stereocenters. The van der Waals surface area contributed by atoms with E-state index in [1.54, 1.807) is 13.8 Å². The number of nitrogens with zero attached hydrogens (tertiary/aromatic N) is 3. The van der Waals surface area contributed by atoms with Gasteiger partial charge in [0.1, 0.15) is 6.04 Å². The van der Waals surface area contributed by atoms with Crippen LogP contribution < -0.4 is 11.1 Å². The minimum absolute atomic E-state index is 0. The van der Waals surface area contributed by atoms with Gasteiger partial charge in [0, 0.05) is 32.7 Å². The molecule has 0 radical (unpaired) electrons. The van der Waals surface area contributed by atoms with Gasteiger partial charge in [-0.15, -0.1) is 24.0 Å². The number of carbonyl (C=O) groups is 1. The Morgan fingerprint density at radius 3 is 2.16 bits per heavy atom. The highest BCUT2D eigenvalue weighted by molar-refractivity contribution is 14.0. The number of rotatable bonds is 5. The first-order valence-corrected chi connectivity index (χ1v) is 8.13. The van der Waals surface area contributed by atoms with Crippen molar-refractivity contribution >= 4 is 35.8 Å². The summed E-state index contributed by atoms with van der Waals surface area (Å²) in [6, 6.07) is -1.45. The second-order valence-corrected chi connectivity index (χ2v) is 6.66. The molecule has 1 aliphatic rings. The largest absolute Gasteiger partial charge is 0.403 e. The molecule has 148 valence electrons. The highest BCUT2D eigenvalue weighted by Gasteiger charge is 2.41. The number of hydrogen-bond donors (Lipinski definition) is 2. The summed E-state index contributed by atoms with van der Waals surface area (Å²) < 4.78 is 38.4. The number of hydrogen-bond acceptors (Lipinski definition) is 3. The van der Waals surface area contributed by atoms with Crippen LogP contribution in [0.1, 0.15) is 27.7 Å². The first-order chi connectivity index (χ1) is 11.0. The average molecular weight is 479 g/mol. The molecule has 0 aromatic heterocycles. The Labute approximate surface area is 164 Å². The number of alkyl halides is 3. The van der Waals surface area contributed by atoms with Gasteiger partial charge in [0.25, 0.3) is 0 Å². The summed E-state index contributed by atoms with van der Waals surface area (Å²) >= 11 is 0. The highest BCUT2D eigenvalue weighted by atomic mass is 127. The van der Waals surface area contributed by atoms with E-state index in [1.165, 1.54) is 11.8 Å². The highest BCUT2D eigenvalue weighted by Crippen LogP contribution is 2.25. The molecule has 3 N–H and O–H groups in total. The van der Waals surface area contributed by atoms with Gasteiger partial charge in [-0.2, -0.15) is 13.2 Å². The van der Waals surface area contributed by atoms with Crippen molar-refractivity contribution in [1.29, 1.82) is 0 Å². The Hall–Kier alpha value is -0.780. The number of amides is 1. The second-order valence-electron chi connectivity index (χ2n) is 6.66. The monoisotopic (exact) mass is 479 g/mol. The van der Waals surface area contributed by atoms with Crippen molar-refractivity contribution in [2.24, 2.45) is 16.1 Å². The Balaban J connectivity index is 0.00000576. The first-order valence-electron chi connectivity index (χ1n) is 8.13. The minimum Gasteiger partial charge on any atom is -0.369 e. The SMILES string of the molecule is CCNC(=NCC(C)(C)C(N)=O)N1CCN(C(C)C(F)(F)F)CC1.I. The lowest BCUT2D eigenvalue weighted by atomic mass is 9.93. The van der Waals surface area contributed by atoms with Crippen LogP contribution in [0, 0.1) is 5.41 Å². The van der Waals surface area contributed by atoms with Gasteiger partial charge in [-0.1, -0.05) is 0 Å². The molecule has 1 fully saturated rings. The smallest absolute Gasteiger partial charge is 0.369 e. The van der Waals surface area contributed by atoms with E-state index in [1.807, 2.05) is 11.8 Å². The molecule has 0 saturated carbocycles. The summed E-state index contributed by atoms with van der Waals surface area (Å²) in [5, 5.41) is 3.12. The van der Waals surface area contributed by atoms with Crippen molar-refractivity contribution in [2.45, 2.75) is 39.9 Å². The summed E-state index contributed by atoms with van der Waals surface area (Å²) in [7, 11) is 0. The lowest BCUT2D eigenvalue weighted by Crippen LogP contribution is -2.57. The van der Waals surface area contributed by atoms with Gasteiger partial charge < -0.3 is 16.0 Å². The lowest BCUT2D eigenvalue weighted by Gasteiger charge is -2.39. The van der Waals surface area contributed by atoms with Crippen LogP contribution in [-0.4, -0.2) is 73.2 Å². The maximum atomic E-state index is 12.8. The van der Waals surface area contributed by atoms with E-state index in [0.29, 0.717) is 38.7 Å². The van der Waals surface area contributed by atoms with E-state index in [2.05, 4.69) is 10.3 Å². The van der Waals surface area contributed by atoms with Crippen LogP contribution in [0.4, 0.5) is 13.2 Å². The number of nitrogens with two attached hydrogens (primary N) is 1. The molecule has 1 amide bonds. The van der Waals surface area contributed by atoms with Crippen molar-refractivity contribution in [3.8, 4) is 0 Å². The van der Waals surface area contributed by atoms with E-state index in [0.717, 1.165) is 0 Å². The first kappa shape index (κ1) is 24.2. The maximum Gasteiger partial charge on any atom is 0.403 e. The van der Waals surface area contributed by atoms with Crippen LogP contribution in [0.5, 0.6) is 0 Å². The third-order valence-electron chi connectivity index (χ3n) is 4.26. The molecule has 0 aromatic carbocycles. The zero-order chi connectivity index (χ0) is 18.5. The Kier molecular flexibility index (Phi) is 9.48. The van der Waals surface area contributed by atoms with Gasteiger partial charge >= 0.3 is 6.18 Å². The quantitative estimate of drug-likeness (QED) is 0.358. The number of piperazine rings is 1. The van der Waals surface area contributed by atoms with Crippen LogP contribution in [0.3, 0.4) is 0 Å². The third kappa shape index (κ3) is 7.16. The zero-order valence-electron chi connectivity index (χ0n) is 15.2. The molecule has 1 rings (SSSR count). The molecule has 0 spiro atoms. The van der Waals surface area contributed by atoms with Crippen molar-refractivity contribution in [2.75, 3.05) is 39.3 Å². The van der Waals surface area contributed by atoms with E-state index >= 15 is 0 Å². The minimum atomic E-state index is -4.22. The van der Waals surface area contributed by atoms with E-state index in [4.69, 9.17) is 5.73 Å². The number of halogens is 4. The number of primary amides is 1. The van der Waals surface area contributed by atoms with Gasteiger partial charge in [-0.25, -0.2) is 0 Å². The normalized spacial score (nSPS) is 18.5. The van der Waals surface area contributed by atoms with Gasteiger partial charge in [-0.3, -0.25) is 14.7 Å². The fourth-order valence-corrected chi connectivity index (χ4v) is 2.30. The van der Waals surface area contributed by atoms with Crippen molar-refractivity contribution in [3.05, 3.63) is 0 Å². The van der Waals surface area contributed by atoms with Crippen LogP contribution in [-0.2, 0) is 4.79 Å². The molecule has 0 aliphatic carbocycles. The molecule has 1 aliphatic heterocycles. The predicted molar refractivity (Wildman–Crippen MR) is 103 cm³/mol. The van der Waals surface area contributed by atoms with Crippen LogP contribution in [0.2, 0.25) is 0 Å². The number of carbonyl (C=O) groups excluding carboxylic acids is 1. The summed E-state index contributed by atoms with van der Waals surface area (Å²) in [5.74, 6) is 0.164. The fraction of sp³-hybridized carbons (Fsp3) is 0.867. The Morgan fingerprint density at radius 1 is 1.24 bits per heavy atom. The summed E-state index contributed by atoms with van der Waals surface area (Å²) in [6.07, 6.45) is -4.22. The molecular weight excluding hydrogens is 450 g/mol. The van der Waals surface area contributed by atoms with Crippen LogP contribution in [0.15, 0.2) is 4.99 Å². The van der Waals surface area contributed by atoms with Gasteiger partial charge in [-0.05, 0) is 27.7 Å². The molecule has 25 heavy (non-hydrogen) atoms. The predicted octanol–water partition coefficient (Wildman–Crippen LogP) is 1.65. The topological polar surface area (TPSA) is 74.0 Å². The summed E-state index contributed by atoms with van der Waals surface area (Å²) in [4.78, 5) is 19.2. The Morgan fingerprint density at radius 2 is 1.76 bits per heavy atom. The van der Waals surface area contributed by atoms with Gasteiger partial charge in [0.2, 0.25) is 5.91 Å². The van der Waals surface area contributed by atoms with E-state index in [-0.39, 0.29) is 30.5 Å². The second kappa shape index (κ2) is 9.79. The van der Waals surface area contributed by atoms with Crippen LogP contribution in [0.25, 0.3) is 0 Å². The maximum absolute atomic E-state index is 12.8.